The highest BCUT2D eigenvalue weighted by atomic mass is 32.1. The van der Waals surface area contributed by atoms with Crippen LogP contribution >= 0.6 is 11.3 Å². The van der Waals surface area contributed by atoms with E-state index in [2.05, 4.69) is 12.2 Å². The molecule has 19 heavy (non-hydrogen) atoms. The Labute approximate surface area is 115 Å². The summed E-state index contributed by atoms with van der Waals surface area (Å²) in [5, 5.41) is 21.9. The number of carboxylic acid groups (broad SMARTS) is 1. The molecule has 1 unspecified atom stereocenters. The fourth-order valence-electron chi connectivity index (χ4n) is 2.29. The lowest BCUT2D eigenvalue weighted by molar-refractivity contribution is -0.140. The molecule has 1 aromatic rings. The third-order valence-electron chi connectivity index (χ3n) is 3.43. The van der Waals surface area contributed by atoms with E-state index in [4.69, 9.17) is 10.2 Å². The molecule has 104 valence electrons. The Hall–Kier alpha value is -1.40. The van der Waals surface area contributed by atoms with E-state index >= 15 is 0 Å². The van der Waals surface area contributed by atoms with E-state index in [9.17, 15) is 9.59 Å². The average molecular weight is 283 g/mol. The quantitative estimate of drug-likeness (QED) is 0.771. The Bertz CT molecular complexity index is 497. The third-order valence-corrected chi connectivity index (χ3v) is 4.48. The Morgan fingerprint density at radius 2 is 2.32 bits per heavy atom. The first-order valence-electron chi connectivity index (χ1n) is 6.26. The number of aliphatic hydroxyl groups excluding tert-OH is 1. The third kappa shape index (κ3) is 2.96. The van der Waals surface area contributed by atoms with Gasteiger partial charge in [-0.1, -0.05) is 6.92 Å². The van der Waals surface area contributed by atoms with Gasteiger partial charge < -0.3 is 15.5 Å². The number of nitrogens with one attached hydrogen (secondary N) is 1. The van der Waals surface area contributed by atoms with Crippen LogP contribution in [0, 0.1) is 5.92 Å². The zero-order valence-corrected chi connectivity index (χ0v) is 11.5. The van der Waals surface area contributed by atoms with Crippen LogP contribution in [0.5, 0.6) is 0 Å². The van der Waals surface area contributed by atoms with Gasteiger partial charge in [0.05, 0.1) is 12.2 Å². The minimum Gasteiger partial charge on any atom is -0.480 e. The normalized spacial score (nSPS) is 19.6. The minimum atomic E-state index is -1.24. The Morgan fingerprint density at radius 3 is 2.95 bits per heavy atom. The summed E-state index contributed by atoms with van der Waals surface area (Å²) in [6.07, 6.45) is 2.89. The summed E-state index contributed by atoms with van der Waals surface area (Å²) in [5.74, 6) is -1.01. The second-order valence-electron chi connectivity index (χ2n) is 4.95. The van der Waals surface area contributed by atoms with Crippen molar-refractivity contribution in [3.8, 4) is 0 Å². The number of thiophene rings is 1. The topological polar surface area (TPSA) is 86.6 Å². The van der Waals surface area contributed by atoms with Crippen molar-refractivity contribution in [3.05, 3.63) is 21.4 Å². The Balaban J connectivity index is 2.14. The lowest BCUT2D eigenvalue weighted by atomic mass is 9.88. The van der Waals surface area contributed by atoms with Crippen LogP contribution in [0.3, 0.4) is 0 Å². The fraction of sp³-hybridized carbons (Fsp3) is 0.538. The van der Waals surface area contributed by atoms with Crippen molar-refractivity contribution >= 4 is 23.2 Å². The van der Waals surface area contributed by atoms with Crippen molar-refractivity contribution in [1.82, 2.24) is 5.32 Å². The summed E-state index contributed by atoms with van der Waals surface area (Å²) >= 11 is 1.56. The monoisotopic (exact) mass is 283 g/mol. The van der Waals surface area contributed by atoms with E-state index in [-0.39, 0.29) is 0 Å². The van der Waals surface area contributed by atoms with Crippen LogP contribution in [0.2, 0.25) is 0 Å². The van der Waals surface area contributed by atoms with Crippen LogP contribution in [-0.4, -0.2) is 34.7 Å². The molecule has 5 nitrogen and oxygen atoms in total. The molecule has 1 aromatic heterocycles. The number of aliphatic hydroxyl groups is 1. The maximum Gasteiger partial charge on any atom is 0.328 e. The molecule has 6 heteroatoms. The number of carbonyl (C=O) groups excluding carboxylic acids is 1. The highest BCUT2D eigenvalue weighted by Gasteiger charge is 2.26. The molecule has 1 aliphatic carbocycles. The number of hydrogen-bond acceptors (Lipinski definition) is 4. The summed E-state index contributed by atoms with van der Waals surface area (Å²) in [5.41, 5.74) is 1.61. The number of fused-ring (bicyclic) bond motifs is 1. The molecule has 0 bridgehead atoms. The first kappa shape index (κ1) is 14.0. The highest BCUT2D eigenvalue weighted by molar-refractivity contribution is 7.10. The van der Waals surface area contributed by atoms with Gasteiger partial charge in [0.2, 0.25) is 0 Å². The highest BCUT2D eigenvalue weighted by Crippen LogP contribution is 2.32. The molecule has 0 spiro atoms. The maximum absolute atomic E-state index is 12.1. The number of aliphatic carboxylic acids is 1. The van der Waals surface area contributed by atoms with Gasteiger partial charge in [0.15, 0.2) is 6.04 Å². The van der Waals surface area contributed by atoms with E-state index in [1.54, 1.807) is 16.7 Å². The van der Waals surface area contributed by atoms with Crippen LogP contribution in [0.25, 0.3) is 0 Å². The molecule has 1 amide bonds. The molecule has 0 saturated carbocycles. The smallest absolute Gasteiger partial charge is 0.328 e. The number of carbonyl (C=O) groups is 2. The van der Waals surface area contributed by atoms with Gasteiger partial charge in [0.1, 0.15) is 0 Å². The lowest BCUT2D eigenvalue weighted by Crippen LogP contribution is -2.43. The zero-order valence-electron chi connectivity index (χ0n) is 10.7. The van der Waals surface area contributed by atoms with Gasteiger partial charge in [-0.05, 0) is 30.7 Å². The summed E-state index contributed by atoms with van der Waals surface area (Å²) in [4.78, 5) is 24.1. The molecule has 0 saturated heterocycles. The predicted molar refractivity (Wildman–Crippen MR) is 71.5 cm³/mol. The van der Waals surface area contributed by atoms with Gasteiger partial charge in [-0.3, -0.25) is 4.79 Å². The van der Waals surface area contributed by atoms with Crippen molar-refractivity contribution < 1.29 is 19.8 Å². The standard InChI is InChI=1S/C13H17NO4S/c1-7-2-3-8-9(6-19-11(8)4-7)12(16)14-10(5-15)13(17)18/h6-7,10,15H,2-5H2,1H3,(H,14,16)(H,17,18)/t7?,10-/m0/s1. The van der Waals surface area contributed by atoms with Gasteiger partial charge in [-0.15, -0.1) is 11.3 Å². The van der Waals surface area contributed by atoms with Crippen LogP contribution in [0.1, 0.15) is 34.1 Å². The van der Waals surface area contributed by atoms with Crippen LogP contribution in [0.4, 0.5) is 0 Å². The molecule has 1 heterocycles. The van der Waals surface area contributed by atoms with E-state index in [0.29, 0.717) is 11.5 Å². The van der Waals surface area contributed by atoms with Gasteiger partial charge in [-0.2, -0.15) is 0 Å². The zero-order chi connectivity index (χ0) is 14.0. The summed E-state index contributed by atoms with van der Waals surface area (Å²) in [7, 11) is 0. The summed E-state index contributed by atoms with van der Waals surface area (Å²) in [6.45, 7) is 1.58. The summed E-state index contributed by atoms with van der Waals surface area (Å²) in [6, 6.07) is -1.24. The minimum absolute atomic E-state index is 0.409. The molecular weight excluding hydrogens is 266 g/mol. The second-order valence-corrected chi connectivity index (χ2v) is 5.91. The van der Waals surface area contributed by atoms with E-state index < -0.39 is 24.5 Å². The molecule has 3 N–H and O–H groups in total. The second kappa shape index (κ2) is 5.71. The number of amides is 1. The maximum atomic E-state index is 12.1. The molecule has 2 atom stereocenters. The molecule has 0 aromatic carbocycles. The fourth-order valence-corrected chi connectivity index (χ4v) is 3.53. The first-order valence-corrected chi connectivity index (χ1v) is 7.14. The average Bonchev–Trinajstić information content (AvgIpc) is 2.78. The Kier molecular flexibility index (Phi) is 4.21. The van der Waals surface area contributed by atoms with Gasteiger partial charge in [-0.25, -0.2) is 4.79 Å². The first-order chi connectivity index (χ1) is 9.02. The largest absolute Gasteiger partial charge is 0.480 e. The summed E-state index contributed by atoms with van der Waals surface area (Å²) < 4.78 is 0. The molecule has 0 aliphatic heterocycles. The van der Waals surface area contributed by atoms with E-state index in [0.717, 1.165) is 24.8 Å². The van der Waals surface area contributed by atoms with Crippen molar-refractivity contribution in [2.75, 3.05) is 6.61 Å². The van der Waals surface area contributed by atoms with E-state index in [1.807, 2.05) is 0 Å². The van der Waals surface area contributed by atoms with Crippen molar-refractivity contribution in [2.24, 2.45) is 5.92 Å². The van der Waals surface area contributed by atoms with Gasteiger partial charge in [0.25, 0.3) is 5.91 Å². The van der Waals surface area contributed by atoms with Crippen molar-refractivity contribution in [2.45, 2.75) is 32.2 Å². The van der Waals surface area contributed by atoms with Crippen LogP contribution in [0.15, 0.2) is 5.38 Å². The Morgan fingerprint density at radius 1 is 1.58 bits per heavy atom. The van der Waals surface area contributed by atoms with Crippen LogP contribution < -0.4 is 5.32 Å². The predicted octanol–water partition coefficient (Wildman–Crippen LogP) is 1.05. The van der Waals surface area contributed by atoms with Crippen molar-refractivity contribution in [3.63, 3.8) is 0 Å². The molecule has 0 fully saturated rings. The van der Waals surface area contributed by atoms with Gasteiger partial charge >= 0.3 is 5.97 Å². The molecule has 1 aliphatic rings. The molecule has 0 radical (unpaired) electrons. The molecule has 2 rings (SSSR count). The van der Waals surface area contributed by atoms with E-state index in [1.165, 1.54) is 4.88 Å². The van der Waals surface area contributed by atoms with Crippen molar-refractivity contribution in [1.29, 1.82) is 0 Å². The number of carboxylic acids is 1. The SMILES string of the molecule is CC1CCc2c(C(=O)N[C@@H](CO)C(=O)O)csc2C1. The van der Waals surface area contributed by atoms with Crippen LogP contribution in [-0.2, 0) is 17.6 Å². The van der Waals surface area contributed by atoms with Gasteiger partial charge in [0, 0.05) is 10.3 Å². The lowest BCUT2D eigenvalue weighted by Gasteiger charge is -2.19. The number of hydrogen-bond donors (Lipinski definition) is 3. The number of rotatable bonds is 4. The molecular formula is C13H17NO4S.